The maximum Gasteiger partial charge on any atom is 0.253 e. The van der Waals surface area contributed by atoms with E-state index in [0.29, 0.717) is 12.5 Å². The van der Waals surface area contributed by atoms with Crippen LogP contribution >= 0.6 is 0 Å². The van der Waals surface area contributed by atoms with Crippen LogP contribution in [-0.4, -0.2) is 58.1 Å². The van der Waals surface area contributed by atoms with Crippen molar-refractivity contribution in [3.63, 3.8) is 0 Å². The van der Waals surface area contributed by atoms with Gasteiger partial charge in [-0.2, -0.15) is 5.10 Å². The third-order valence-electron chi connectivity index (χ3n) is 5.82. The minimum Gasteiger partial charge on any atom is -0.357 e. The van der Waals surface area contributed by atoms with E-state index in [1.165, 1.54) is 12.0 Å². The molecule has 0 aliphatic carbocycles. The Bertz CT molecular complexity index is 926. The van der Waals surface area contributed by atoms with Crippen LogP contribution in [-0.2, 0) is 20.1 Å². The number of nitrogens with zero attached hydrogens (tertiary/aromatic N) is 5. The average Bonchev–Trinajstić information content (AvgIpc) is 3.17. The average molecular weight is 439 g/mol. The van der Waals surface area contributed by atoms with Gasteiger partial charge >= 0.3 is 0 Å². The summed E-state index contributed by atoms with van der Waals surface area (Å²) in [5.74, 6) is 1.36. The first kappa shape index (κ1) is 23.8. The van der Waals surface area contributed by atoms with Gasteiger partial charge in [0.1, 0.15) is 0 Å². The number of amides is 1. The highest BCUT2D eigenvalue weighted by molar-refractivity contribution is 5.94. The van der Waals surface area contributed by atoms with Crippen LogP contribution in [0.4, 0.5) is 0 Å². The monoisotopic (exact) mass is 438 g/mol. The zero-order valence-corrected chi connectivity index (χ0v) is 20.3. The van der Waals surface area contributed by atoms with E-state index in [2.05, 4.69) is 49.3 Å². The molecule has 1 N–H and O–H groups in total. The van der Waals surface area contributed by atoms with E-state index in [0.717, 1.165) is 61.8 Å². The van der Waals surface area contributed by atoms with Gasteiger partial charge in [0.15, 0.2) is 5.96 Å². The lowest BCUT2D eigenvalue weighted by Crippen LogP contribution is -2.38. The Morgan fingerprint density at radius 2 is 2.00 bits per heavy atom. The number of rotatable bonds is 7. The highest BCUT2D eigenvalue weighted by atomic mass is 16.2. The number of guanidine groups is 1. The van der Waals surface area contributed by atoms with E-state index in [9.17, 15) is 4.79 Å². The summed E-state index contributed by atoms with van der Waals surface area (Å²) in [7, 11) is 4.02. The van der Waals surface area contributed by atoms with Crippen molar-refractivity contribution < 1.29 is 4.79 Å². The van der Waals surface area contributed by atoms with Gasteiger partial charge in [-0.25, -0.2) is 4.99 Å². The largest absolute Gasteiger partial charge is 0.357 e. The van der Waals surface area contributed by atoms with Crippen LogP contribution in [0.2, 0.25) is 0 Å². The number of likely N-dealkylation sites (tertiary alicyclic amines) is 1. The zero-order valence-electron chi connectivity index (χ0n) is 20.3. The van der Waals surface area contributed by atoms with Crippen molar-refractivity contribution in [3.8, 4) is 0 Å². The van der Waals surface area contributed by atoms with Gasteiger partial charge in [-0.05, 0) is 49.8 Å². The second-order valence-corrected chi connectivity index (χ2v) is 8.95. The summed E-state index contributed by atoms with van der Waals surface area (Å²) < 4.78 is 1.88. The number of carbonyl (C=O) groups is 1. The number of aryl methyl sites for hydroxylation is 1. The number of benzene rings is 1. The third-order valence-corrected chi connectivity index (χ3v) is 5.82. The Labute approximate surface area is 192 Å². The number of carbonyl (C=O) groups excluding carboxylic acids is 1. The summed E-state index contributed by atoms with van der Waals surface area (Å²) in [6, 6.07) is 7.90. The van der Waals surface area contributed by atoms with Crippen molar-refractivity contribution in [1.29, 1.82) is 0 Å². The molecule has 32 heavy (non-hydrogen) atoms. The van der Waals surface area contributed by atoms with Crippen LogP contribution in [0, 0.1) is 0 Å². The molecule has 2 aromatic rings. The van der Waals surface area contributed by atoms with Crippen LogP contribution < -0.4 is 5.32 Å². The summed E-state index contributed by atoms with van der Waals surface area (Å²) >= 11 is 0. The lowest BCUT2D eigenvalue weighted by atomic mass is 10.1. The Morgan fingerprint density at radius 3 is 2.69 bits per heavy atom. The first-order valence-electron chi connectivity index (χ1n) is 11.8. The van der Waals surface area contributed by atoms with Crippen LogP contribution in [0.5, 0.6) is 0 Å². The van der Waals surface area contributed by atoms with Crippen molar-refractivity contribution in [2.45, 2.75) is 59.0 Å². The molecule has 174 valence electrons. The van der Waals surface area contributed by atoms with Gasteiger partial charge in [0, 0.05) is 57.6 Å². The number of aliphatic imine (C=N–C) groups is 1. The smallest absolute Gasteiger partial charge is 0.253 e. The molecule has 0 atom stereocenters. The lowest BCUT2D eigenvalue weighted by molar-refractivity contribution is 0.0724. The van der Waals surface area contributed by atoms with Gasteiger partial charge in [0.25, 0.3) is 5.91 Å². The van der Waals surface area contributed by atoms with Gasteiger partial charge in [0.2, 0.25) is 0 Å². The van der Waals surface area contributed by atoms with Gasteiger partial charge < -0.3 is 15.1 Å². The van der Waals surface area contributed by atoms with Crippen LogP contribution in [0.1, 0.15) is 73.1 Å². The van der Waals surface area contributed by atoms with E-state index in [1.54, 1.807) is 0 Å². The molecule has 1 saturated heterocycles. The van der Waals surface area contributed by atoms with Gasteiger partial charge in [0.05, 0.1) is 12.2 Å². The molecule has 0 unspecified atom stereocenters. The van der Waals surface area contributed by atoms with Crippen LogP contribution in [0.25, 0.3) is 0 Å². The molecule has 1 aromatic carbocycles. The van der Waals surface area contributed by atoms with E-state index in [1.807, 2.05) is 40.9 Å². The van der Waals surface area contributed by atoms with E-state index in [4.69, 9.17) is 4.99 Å². The van der Waals surface area contributed by atoms with Crippen LogP contribution in [0.3, 0.4) is 0 Å². The Balaban J connectivity index is 1.71. The molecule has 0 bridgehead atoms. The predicted molar refractivity (Wildman–Crippen MR) is 130 cm³/mol. The molecule has 1 aliphatic heterocycles. The van der Waals surface area contributed by atoms with Crippen molar-refractivity contribution in [1.82, 2.24) is 24.9 Å². The standard InChI is InChI=1S/C25H38N6O/c1-6-26-25(29(4)17-22-18-30(5)28-23(22)19(2)3)27-16-20-11-10-12-21(15-20)24(32)31-13-8-7-9-14-31/h10-12,15,18-19H,6-9,13-14,16-17H2,1-5H3,(H,26,27). The minimum atomic E-state index is 0.136. The molecule has 3 rings (SSSR count). The molecular weight excluding hydrogens is 400 g/mol. The fourth-order valence-corrected chi connectivity index (χ4v) is 4.21. The molecule has 0 saturated carbocycles. The van der Waals surface area contributed by atoms with E-state index >= 15 is 0 Å². The number of hydrogen-bond acceptors (Lipinski definition) is 3. The fourth-order valence-electron chi connectivity index (χ4n) is 4.21. The summed E-state index contributed by atoms with van der Waals surface area (Å²) in [4.78, 5) is 21.8. The highest BCUT2D eigenvalue weighted by Gasteiger charge is 2.18. The molecule has 7 heteroatoms. The Kier molecular flexibility index (Phi) is 8.31. The number of aromatic nitrogens is 2. The first-order valence-corrected chi connectivity index (χ1v) is 11.8. The fraction of sp³-hybridized carbons (Fsp3) is 0.560. The number of piperidine rings is 1. The molecule has 1 fully saturated rings. The van der Waals surface area contributed by atoms with Crippen molar-refractivity contribution in [3.05, 3.63) is 52.8 Å². The number of nitrogens with one attached hydrogen (secondary N) is 1. The third kappa shape index (κ3) is 6.11. The van der Waals surface area contributed by atoms with Gasteiger partial charge in [-0.15, -0.1) is 0 Å². The molecule has 1 amide bonds. The van der Waals surface area contributed by atoms with Crippen LogP contribution in [0.15, 0.2) is 35.5 Å². The minimum absolute atomic E-state index is 0.136. The van der Waals surface area contributed by atoms with Gasteiger partial charge in [-0.1, -0.05) is 26.0 Å². The van der Waals surface area contributed by atoms with Crippen molar-refractivity contribution in [2.24, 2.45) is 12.0 Å². The maximum atomic E-state index is 12.9. The summed E-state index contributed by atoms with van der Waals surface area (Å²) in [6.45, 7) is 10.2. The maximum absolute atomic E-state index is 12.9. The zero-order chi connectivity index (χ0) is 23.1. The lowest BCUT2D eigenvalue weighted by Gasteiger charge is -2.26. The molecule has 0 radical (unpaired) electrons. The quantitative estimate of drug-likeness (QED) is 0.528. The Morgan fingerprint density at radius 1 is 1.25 bits per heavy atom. The molecule has 7 nitrogen and oxygen atoms in total. The first-order chi connectivity index (χ1) is 15.4. The SMILES string of the molecule is CCNC(=NCc1cccc(C(=O)N2CCCCC2)c1)N(C)Cc1cn(C)nc1C(C)C. The molecule has 1 aromatic heterocycles. The number of hydrogen-bond donors (Lipinski definition) is 1. The topological polar surface area (TPSA) is 65.8 Å². The normalized spacial score (nSPS) is 14.7. The molecule has 2 heterocycles. The molecular formula is C25H38N6O. The van der Waals surface area contributed by atoms with E-state index < -0.39 is 0 Å². The predicted octanol–water partition coefficient (Wildman–Crippen LogP) is 3.77. The molecule has 0 spiro atoms. The summed E-state index contributed by atoms with van der Waals surface area (Å²) in [5.41, 5.74) is 4.14. The Hall–Kier alpha value is -2.83. The highest BCUT2D eigenvalue weighted by Crippen LogP contribution is 2.19. The summed E-state index contributed by atoms with van der Waals surface area (Å²) in [6.07, 6.45) is 5.51. The van der Waals surface area contributed by atoms with Gasteiger partial charge in [-0.3, -0.25) is 9.48 Å². The second-order valence-electron chi connectivity index (χ2n) is 8.95. The van der Waals surface area contributed by atoms with Crippen molar-refractivity contribution >= 4 is 11.9 Å². The second kappa shape index (κ2) is 11.2. The van der Waals surface area contributed by atoms with E-state index in [-0.39, 0.29) is 5.91 Å². The molecule has 1 aliphatic rings. The van der Waals surface area contributed by atoms with Crippen molar-refractivity contribution in [2.75, 3.05) is 26.7 Å². The summed E-state index contributed by atoms with van der Waals surface area (Å²) in [5, 5.41) is 8.01.